The maximum atomic E-state index is 11.9. The van der Waals surface area contributed by atoms with Gasteiger partial charge in [-0.2, -0.15) is 13.2 Å². The average molecular weight is 286 g/mol. The molecule has 1 N–H and O–H groups in total. The standard InChI is InChI=1S/C11H8F6O2/c12-10(13,14)9(18)6-3-7-1-4-8(5-2-7)19-11(15,16)17/h1-2,4-6,18H,3H2/b9-6-. The molecule has 0 aliphatic rings. The lowest BCUT2D eigenvalue weighted by molar-refractivity contribution is -0.274. The number of ether oxygens (including phenoxy) is 1. The van der Waals surface area contributed by atoms with Crippen LogP contribution in [0.3, 0.4) is 0 Å². The molecule has 106 valence electrons. The zero-order valence-corrected chi connectivity index (χ0v) is 9.22. The summed E-state index contributed by atoms with van der Waals surface area (Å²) in [5.41, 5.74) is 0.297. The quantitative estimate of drug-likeness (QED) is 0.668. The van der Waals surface area contributed by atoms with Gasteiger partial charge in [-0.25, -0.2) is 0 Å². The predicted octanol–water partition coefficient (Wildman–Crippen LogP) is 4.13. The van der Waals surface area contributed by atoms with Crippen LogP contribution in [0.2, 0.25) is 0 Å². The summed E-state index contributed by atoms with van der Waals surface area (Å²) in [6, 6.07) is 4.28. The molecule has 19 heavy (non-hydrogen) atoms. The van der Waals surface area contributed by atoms with Gasteiger partial charge in [0, 0.05) is 0 Å². The van der Waals surface area contributed by atoms with Crippen LogP contribution in [0.15, 0.2) is 36.1 Å². The number of aliphatic hydroxyl groups excluding tert-OH is 1. The lowest BCUT2D eigenvalue weighted by atomic mass is 10.1. The summed E-state index contributed by atoms with van der Waals surface area (Å²) >= 11 is 0. The second-order valence-electron chi connectivity index (χ2n) is 3.48. The largest absolute Gasteiger partial charge is 0.573 e. The summed E-state index contributed by atoms with van der Waals surface area (Å²) in [4.78, 5) is 0. The summed E-state index contributed by atoms with van der Waals surface area (Å²) < 4.78 is 74.9. The highest BCUT2D eigenvalue weighted by Crippen LogP contribution is 2.25. The lowest BCUT2D eigenvalue weighted by Gasteiger charge is -2.09. The van der Waals surface area contributed by atoms with E-state index in [9.17, 15) is 26.3 Å². The van der Waals surface area contributed by atoms with Gasteiger partial charge in [0.05, 0.1) is 0 Å². The Labute approximate surface area is 103 Å². The molecule has 0 radical (unpaired) electrons. The van der Waals surface area contributed by atoms with Gasteiger partial charge in [-0.05, 0) is 30.2 Å². The van der Waals surface area contributed by atoms with E-state index in [1.807, 2.05) is 0 Å². The van der Waals surface area contributed by atoms with E-state index in [-0.39, 0.29) is 6.42 Å². The number of allylic oxidation sites excluding steroid dienone is 2. The third-order valence-electron chi connectivity index (χ3n) is 1.98. The molecule has 1 aromatic carbocycles. The first-order chi connectivity index (χ1) is 8.58. The zero-order chi connectivity index (χ0) is 14.7. The number of alkyl halides is 6. The molecule has 0 saturated heterocycles. The molecular weight excluding hydrogens is 278 g/mol. The molecule has 0 aromatic heterocycles. The van der Waals surface area contributed by atoms with Crippen molar-refractivity contribution < 1.29 is 36.2 Å². The van der Waals surface area contributed by atoms with Gasteiger partial charge < -0.3 is 9.84 Å². The zero-order valence-electron chi connectivity index (χ0n) is 9.22. The molecule has 0 fully saturated rings. The molecule has 0 aliphatic heterocycles. The van der Waals surface area contributed by atoms with Crippen LogP contribution in [-0.2, 0) is 6.42 Å². The van der Waals surface area contributed by atoms with Crippen molar-refractivity contribution in [2.75, 3.05) is 0 Å². The molecular formula is C11H8F6O2. The first kappa shape index (κ1) is 15.2. The van der Waals surface area contributed by atoms with E-state index in [1.165, 1.54) is 12.1 Å². The minimum Gasteiger partial charge on any atom is -0.504 e. The van der Waals surface area contributed by atoms with E-state index in [2.05, 4.69) is 4.74 Å². The monoisotopic (exact) mass is 286 g/mol. The van der Waals surface area contributed by atoms with Crippen LogP contribution in [-0.4, -0.2) is 17.6 Å². The highest BCUT2D eigenvalue weighted by atomic mass is 19.4. The summed E-state index contributed by atoms with van der Waals surface area (Å²) in [5, 5.41) is 8.62. The second kappa shape index (κ2) is 5.41. The Morgan fingerprint density at radius 2 is 1.58 bits per heavy atom. The van der Waals surface area contributed by atoms with E-state index in [0.717, 1.165) is 12.1 Å². The van der Waals surface area contributed by atoms with Gasteiger partial charge in [0.15, 0.2) is 5.76 Å². The Balaban J connectivity index is 2.68. The average Bonchev–Trinajstić information content (AvgIpc) is 2.24. The molecule has 1 rings (SSSR count). The van der Waals surface area contributed by atoms with Gasteiger partial charge in [-0.1, -0.05) is 12.1 Å². The van der Waals surface area contributed by atoms with Crippen molar-refractivity contribution in [3.05, 3.63) is 41.7 Å². The van der Waals surface area contributed by atoms with Crippen molar-refractivity contribution in [1.29, 1.82) is 0 Å². The number of halogens is 6. The van der Waals surface area contributed by atoms with Crippen LogP contribution in [0.5, 0.6) is 5.75 Å². The van der Waals surface area contributed by atoms with E-state index < -0.39 is 24.0 Å². The summed E-state index contributed by atoms with van der Waals surface area (Å²) in [6.45, 7) is 0. The highest BCUT2D eigenvalue weighted by molar-refractivity contribution is 5.28. The van der Waals surface area contributed by atoms with Gasteiger partial charge in [0.25, 0.3) is 0 Å². The number of hydrogen-bond acceptors (Lipinski definition) is 2. The third-order valence-corrected chi connectivity index (χ3v) is 1.98. The Morgan fingerprint density at radius 1 is 1.05 bits per heavy atom. The lowest BCUT2D eigenvalue weighted by Crippen LogP contribution is -2.17. The Hall–Kier alpha value is -1.86. The minimum atomic E-state index is -4.83. The van der Waals surface area contributed by atoms with Crippen molar-refractivity contribution in [2.45, 2.75) is 19.0 Å². The maximum Gasteiger partial charge on any atom is 0.573 e. The normalized spacial score (nSPS) is 13.5. The van der Waals surface area contributed by atoms with Crippen molar-refractivity contribution in [2.24, 2.45) is 0 Å². The fourth-order valence-electron chi connectivity index (χ4n) is 1.16. The molecule has 0 amide bonds. The molecule has 8 heteroatoms. The van der Waals surface area contributed by atoms with Gasteiger partial charge in [0.2, 0.25) is 0 Å². The second-order valence-corrected chi connectivity index (χ2v) is 3.48. The fourth-order valence-corrected chi connectivity index (χ4v) is 1.16. The van der Waals surface area contributed by atoms with Crippen molar-refractivity contribution in [3.8, 4) is 5.75 Å². The Bertz CT molecular complexity index is 444. The summed E-state index contributed by atoms with van der Waals surface area (Å²) in [7, 11) is 0. The molecule has 2 nitrogen and oxygen atoms in total. The van der Waals surface area contributed by atoms with Gasteiger partial charge in [-0.15, -0.1) is 13.2 Å². The van der Waals surface area contributed by atoms with Crippen molar-refractivity contribution in [3.63, 3.8) is 0 Å². The van der Waals surface area contributed by atoms with E-state index in [0.29, 0.717) is 11.6 Å². The van der Waals surface area contributed by atoms with Crippen LogP contribution in [0.1, 0.15) is 5.56 Å². The maximum absolute atomic E-state index is 11.9. The molecule has 0 aliphatic carbocycles. The summed E-state index contributed by atoms with van der Waals surface area (Å²) in [6.07, 6.45) is -9.40. The fraction of sp³-hybridized carbons (Fsp3) is 0.273. The SMILES string of the molecule is O/C(=C\Cc1ccc(OC(F)(F)F)cc1)C(F)(F)F. The molecule has 0 spiro atoms. The van der Waals surface area contributed by atoms with Gasteiger partial charge in [-0.3, -0.25) is 0 Å². The Kier molecular flexibility index (Phi) is 4.33. The van der Waals surface area contributed by atoms with Gasteiger partial charge >= 0.3 is 12.5 Å². The first-order valence-electron chi connectivity index (χ1n) is 4.89. The van der Waals surface area contributed by atoms with Gasteiger partial charge in [0.1, 0.15) is 5.75 Å². The first-order valence-corrected chi connectivity index (χ1v) is 4.89. The molecule has 0 saturated carbocycles. The molecule has 0 bridgehead atoms. The highest BCUT2D eigenvalue weighted by Gasteiger charge is 2.33. The molecule has 0 heterocycles. The third kappa shape index (κ3) is 5.54. The van der Waals surface area contributed by atoms with Crippen molar-refractivity contribution >= 4 is 0 Å². The molecule has 0 unspecified atom stereocenters. The van der Waals surface area contributed by atoms with Crippen LogP contribution in [0.4, 0.5) is 26.3 Å². The minimum absolute atomic E-state index is 0.266. The topological polar surface area (TPSA) is 29.5 Å². The Morgan fingerprint density at radius 3 is 2.00 bits per heavy atom. The summed E-state index contributed by atoms with van der Waals surface area (Å²) in [5.74, 6) is -2.22. The molecule has 0 atom stereocenters. The predicted molar refractivity (Wildman–Crippen MR) is 53.6 cm³/mol. The van der Waals surface area contributed by atoms with E-state index >= 15 is 0 Å². The van der Waals surface area contributed by atoms with E-state index in [1.54, 1.807) is 0 Å². The van der Waals surface area contributed by atoms with Crippen LogP contribution < -0.4 is 4.74 Å². The van der Waals surface area contributed by atoms with E-state index in [4.69, 9.17) is 5.11 Å². The number of rotatable bonds is 3. The van der Waals surface area contributed by atoms with Crippen LogP contribution >= 0.6 is 0 Å². The van der Waals surface area contributed by atoms with Crippen LogP contribution in [0, 0.1) is 0 Å². The van der Waals surface area contributed by atoms with Crippen LogP contribution in [0.25, 0.3) is 0 Å². The molecule has 1 aromatic rings. The number of hydrogen-bond donors (Lipinski definition) is 1. The van der Waals surface area contributed by atoms with Crippen molar-refractivity contribution in [1.82, 2.24) is 0 Å². The smallest absolute Gasteiger partial charge is 0.504 e. The number of aliphatic hydroxyl groups is 1. The number of benzene rings is 1.